The number of tetrazole rings is 1. The molecule has 2 N–H and O–H groups in total. The fourth-order valence-corrected chi connectivity index (χ4v) is 2.07. The minimum atomic E-state index is -0.751. The zero-order chi connectivity index (χ0) is 15.4. The van der Waals surface area contributed by atoms with Crippen molar-refractivity contribution in [1.82, 2.24) is 30.6 Å². The van der Waals surface area contributed by atoms with Gasteiger partial charge in [-0.05, 0) is 41.0 Å². The lowest BCUT2D eigenvalue weighted by Gasteiger charge is -1.97. The molecule has 0 atom stereocenters. The highest BCUT2D eigenvalue weighted by atomic mass is 16.2. The van der Waals surface area contributed by atoms with Gasteiger partial charge in [-0.25, -0.2) is 0 Å². The van der Waals surface area contributed by atoms with Crippen LogP contribution in [0.3, 0.4) is 0 Å². The molecule has 0 aliphatic rings. The number of carbonyl (C=O) groups excluding carboxylic acids is 2. The molecular weight excluding hydrogens is 284 g/mol. The average Bonchev–Trinajstić information content (AvgIpc) is 3.19. The predicted octanol–water partition coefficient (Wildman–Crippen LogP) is 0.508. The van der Waals surface area contributed by atoms with E-state index < -0.39 is 11.6 Å². The maximum Gasteiger partial charge on any atom is 0.269 e. The van der Waals surface area contributed by atoms with Gasteiger partial charge in [0.05, 0.1) is 6.42 Å². The van der Waals surface area contributed by atoms with Crippen LogP contribution in [0.25, 0.3) is 0 Å². The molecule has 0 bridgehead atoms. The summed E-state index contributed by atoms with van der Waals surface area (Å²) >= 11 is 0. The summed E-state index contributed by atoms with van der Waals surface area (Å²) in [7, 11) is 0. The molecule has 0 saturated carbocycles. The Hall–Kier alpha value is -3.16. The second-order valence-electron chi connectivity index (χ2n) is 4.73. The lowest BCUT2D eigenvalue weighted by atomic mass is 10.1. The Bertz CT molecular complexity index is 779. The Morgan fingerprint density at radius 1 is 1.14 bits per heavy atom. The molecule has 0 aliphatic carbocycles. The fraction of sp³-hybridized carbons (Fsp3) is 0.143. The van der Waals surface area contributed by atoms with Crippen LogP contribution in [0.1, 0.15) is 27.4 Å². The van der Waals surface area contributed by atoms with Gasteiger partial charge in [0.2, 0.25) is 11.6 Å². The van der Waals surface area contributed by atoms with E-state index in [9.17, 15) is 9.59 Å². The van der Waals surface area contributed by atoms with Crippen molar-refractivity contribution in [3.8, 4) is 0 Å². The van der Waals surface area contributed by atoms with Crippen LogP contribution < -0.4 is 0 Å². The van der Waals surface area contributed by atoms with E-state index >= 15 is 0 Å². The number of rotatable bonds is 6. The summed E-state index contributed by atoms with van der Waals surface area (Å²) in [5.41, 5.74) is 2.82. The number of hydrogen-bond acceptors (Lipinski definition) is 6. The van der Waals surface area contributed by atoms with Crippen LogP contribution in [0.5, 0.6) is 0 Å². The molecular formula is C14H12N6O2. The third-order valence-electron chi connectivity index (χ3n) is 3.11. The number of nitrogens with zero attached hydrogens (tertiary/aromatic N) is 4. The summed E-state index contributed by atoms with van der Waals surface area (Å²) in [6.07, 6.45) is 5.99. The summed E-state index contributed by atoms with van der Waals surface area (Å²) in [5.74, 6) is -1.55. The topological polar surface area (TPSA) is 117 Å². The number of H-pyrrole nitrogens is 2. The van der Waals surface area contributed by atoms with Crippen LogP contribution in [-0.2, 0) is 17.6 Å². The average molecular weight is 296 g/mol. The molecule has 22 heavy (non-hydrogen) atoms. The molecule has 0 radical (unpaired) electrons. The van der Waals surface area contributed by atoms with Crippen LogP contribution in [0.15, 0.2) is 36.8 Å². The zero-order valence-electron chi connectivity index (χ0n) is 11.5. The fourth-order valence-electron chi connectivity index (χ4n) is 2.07. The third-order valence-corrected chi connectivity index (χ3v) is 3.11. The zero-order valence-corrected chi connectivity index (χ0v) is 11.5. The number of aromatic nitrogens is 6. The standard InChI is InChI=1S/C14H12N6O2/c21-12(13(22)14-17-19-20-18-14)7-11-6-10(8-16-11)5-9-1-3-15-4-2-9/h1-4,6,8,16H,5,7H2,(H,17,18,19,20). The first-order chi connectivity index (χ1) is 10.7. The number of aromatic amines is 2. The molecule has 8 heteroatoms. The lowest BCUT2D eigenvalue weighted by molar-refractivity contribution is -0.114. The van der Waals surface area contributed by atoms with Gasteiger partial charge in [0.1, 0.15) is 0 Å². The molecule has 110 valence electrons. The maximum atomic E-state index is 11.9. The minimum Gasteiger partial charge on any atom is -0.364 e. The Labute approximate surface area is 125 Å². The molecule has 0 saturated heterocycles. The van der Waals surface area contributed by atoms with Gasteiger partial charge in [-0.2, -0.15) is 5.21 Å². The molecule has 3 heterocycles. The Morgan fingerprint density at radius 3 is 2.68 bits per heavy atom. The van der Waals surface area contributed by atoms with Gasteiger partial charge < -0.3 is 4.98 Å². The summed E-state index contributed by atoms with van der Waals surface area (Å²) < 4.78 is 0. The minimum absolute atomic E-state index is 0.0241. The second-order valence-corrected chi connectivity index (χ2v) is 4.73. The van der Waals surface area contributed by atoms with Gasteiger partial charge in [-0.3, -0.25) is 14.6 Å². The first-order valence-electron chi connectivity index (χ1n) is 6.58. The van der Waals surface area contributed by atoms with Crippen molar-refractivity contribution >= 4 is 11.6 Å². The first-order valence-corrected chi connectivity index (χ1v) is 6.58. The predicted molar refractivity (Wildman–Crippen MR) is 75.1 cm³/mol. The number of ketones is 2. The monoisotopic (exact) mass is 296 g/mol. The maximum absolute atomic E-state index is 11.9. The largest absolute Gasteiger partial charge is 0.364 e. The molecule has 3 rings (SSSR count). The number of hydrogen-bond donors (Lipinski definition) is 2. The van der Waals surface area contributed by atoms with Gasteiger partial charge >= 0.3 is 0 Å². The summed E-state index contributed by atoms with van der Waals surface area (Å²) in [6, 6.07) is 5.72. The smallest absolute Gasteiger partial charge is 0.269 e. The van der Waals surface area contributed by atoms with E-state index in [2.05, 4.69) is 30.6 Å². The number of carbonyl (C=O) groups is 2. The van der Waals surface area contributed by atoms with Crippen molar-refractivity contribution in [3.05, 3.63) is 59.4 Å². The van der Waals surface area contributed by atoms with Crippen LogP contribution in [-0.4, -0.2) is 42.2 Å². The van der Waals surface area contributed by atoms with Crippen molar-refractivity contribution in [1.29, 1.82) is 0 Å². The van der Waals surface area contributed by atoms with Crippen LogP contribution in [0.2, 0.25) is 0 Å². The molecule has 3 aromatic heterocycles. The molecule has 8 nitrogen and oxygen atoms in total. The van der Waals surface area contributed by atoms with E-state index in [1.54, 1.807) is 12.4 Å². The first kappa shape index (κ1) is 13.8. The second kappa shape index (κ2) is 6.08. The third kappa shape index (κ3) is 3.11. The van der Waals surface area contributed by atoms with Crippen molar-refractivity contribution in [2.75, 3.05) is 0 Å². The number of pyridine rings is 1. The van der Waals surface area contributed by atoms with Gasteiger partial charge in [0.25, 0.3) is 5.78 Å². The number of Topliss-reactive ketones (excluding diaryl/α,β-unsaturated/α-hetero) is 2. The van der Waals surface area contributed by atoms with Gasteiger partial charge in [-0.15, -0.1) is 10.2 Å². The van der Waals surface area contributed by atoms with Crippen molar-refractivity contribution in [2.45, 2.75) is 12.8 Å². The van der Waals surface area contributed by atoms with Crippen LogP contribution >= 0.6 is 0 Å². The van der Waals surface area contributed by atoms with Crippen LogP contribution in [0, 0.1) is 0 Å². The Balaban J connectivity index is 1.64. The van der Waals surface area contributed by atoms with E-state index in [0.29, 0.717) is 5.69 Å². The van der Waals surface area contributed by atoms with Gasteiger partial charge in [0.15, 0.2) is 0 Å². The quantitative estimate of drug-likeness (QED) is 0.505. The highest BCUT2D eigenvalue weighted by Gasteiger charge is 2.21. The summed E-state index contributed by atoms with van der Waals surface area (Å²) in [4.78, 5) is 30.6. The molecule has 0 aliphatic heterocycles. The van der Waals surface area contributed by atoms with Crippen LogP contribution in [0.4, 0.5) is 0 Å². The molecule has 0 amide bonds. The summed E-state index contributed by atoms with van der Waals surface area (Å²) in [5, 5.41) is 12.4. The molecule has 0 fully saturated rings. The van der Waals surface area contributed by atoms with Crippen molar-refractivity contribution in [2.24, 2.45) is 0 Å². The molecule has 0 aromatic carbocycles. The Morgan fingerprint density at radius 2 is 1.95 bits per heavy atom. The van der Waals surface area contributed by atoms with E-state index in [1.165, 1.54) is 0 Å². The lowest BCUT2D eigenvalue weighted by Crippen LogP contribution is -2.18. The summed E-state index contributed by atoms with van der Waals surface area (Å²) in [6.45, 7) is 0. The number of nitrogens with one attached hydrogen (secondary N) is 2. The highest BCUT2D eigenvalue weighted by Crippen LogP contribution is 2.11. The molecule has 0 unspecified atom stereocenters. The van der Waals surface area contributed by atoms with Gasteiger partial charge in [-0.1, -0.05) is 0 Å². The normalized spacial score (nSPS) is 10.5. The SMILES string of the molecule is O=C(Cc1cc(Cc2ccncc2)c[nH]1)C(=O)c1nn[nH]n1. The van der Waals surface area contributed by atoms with E-state index in [-0.39, 0.29) is 12.2 Å². The molecule has 3 aromatic rings. The molecule has 0 spiro atoms. The van der Waals surface area contributed by atoms with Gasteiger partial charge in [0, 0.05) is 24.3 Å². The van der Waals surface area contributed by atoms with E-state index in [1.807, 2.05) is 24.4 Å². The highest BCUT2D eigenvalue weighted by molar-refractivity contribution is 6.42. The van der Waals surface area contributed by atoms with Crippen molar-refractivity contribution in [3.63, 3.8) is 0 Å². The van der Waals surface area contributed by atoms with E-state index in [4.69, 9.17) is 0 Å². The van der Waals surface area contributed by atoms with Crippen molar-refractivity contribution < 1.29 is 9.59 Å². The Kier molecular flexibility index (Phi) is 3.82. The van der Waals surface area contributed by atoms with E-state index in [0.717, 1.165) is 17.5 Å².